The molecule has 0 aliphatic heterocycles. The molecular formula is C32H33F3N4O4S. The first-order chi connectivity index (χ1) is 21.1. The van der Waals surface area contributed by atoms with Crippen LogP contribution in [0.4, 0.5) is 18.3 Å². The van der Waals surface area contributed by atoms with Crippen molar-refractivity contribution < 1.29 is 32.2 Å². The predicted octanol–water partition coefficient (Wildman–Crippen LogP) is 6.83. The van der Waals surface area contributed by atoms with Gasteiger partial charge in [0.2, 0.25) is 16.9 Å². The third-order valence-electron chi connectivity index (χ3n) is 7.08. The van der Waals surface area contributed by atoms with Crippen molar-refractivity contribution in [2.24, 2.45) is 0 Å². The van der Waals surface area contributed by atoms with Crippen LogP contribution >= 0.6 is 11.3 Å². The van der Waals surface area contributed by atoms with Gasteiger partial charge in [0, 0.05) is 25.1 Å². The molecule has 8 nitrogen and oxygen atoms in total. The number of hydrogen-bond donors (Lipinski definition) is 1. The summed E-state index contributed by atoms with van der Waals surface area (Å²) in [4.78, 5) is 28.4. The van der Waals surface area contributed by atoms with Crippen LogP contribution in [-0.4, -0.2) is 54.2 Å². The fourth-order valence-corrected chi connectivity index (χ4v) is 5.47. The molecule has 12 heteroatoms. The van der Waals surface area contributed by atoms with E-state index in [1.165, 1.54) is 12.1 Å². The standard InChI is InChI=1S/C32H33F3N4O4S/c1-4-25(22-8-6-5-7-9-22)30(41)39(18-16-21-10-15-26(42-2)27(20-21)43-3)19-17-28(40)36-31-38-37-29(44-31)23-11-13-24(14-12-23)32(33,34)35/h5-15,20,25H,4,16-19H2,1-3H3,(H,36,38,40). The Kier molecular flexibility index (Phi) is 10.9. The van der Waals surface area contributed by atoms with E-state index in [1.54, 1.807) is 19.1 Å². The number of nitrogens with zero attached hydrogens (tertiary/aromatic N) is 3. The lowest BCUT2D eigenvalue weighted by atomic mass is 9.94. The van der Waals surface area contributed by atoms with Crippen molar-refractivity contribution in [3.63, 3.8) is 0 Å². The van der Waals surface area contributed by atoms with Gasteiger partial charge in [-0.05, 0) is 48.2 Å². The summed E-state index contributed by atoms with van der Waals surface area (Å²) >= 11 is 1.05. The molecule has 0 saturated carbocycles. The highest BCUT2D eigenvalue weighted by molar-refractivity contribution is 7.18. The monoisotopic (exact) mass is 626 g/mol. The maximum atomic E-state index is 13.8. The van der Waals surface area contributed by atoms with Crippen LogP contribution in [0.1, 0.15) is 42.4 Å². The maximum absolute atomic E-state index is 13.8. The zero-order valence-corrected chi connectivity index (χ0v) is 25.4. The maximum Gasteiger partial charge on any atom is 0.416 e. The normalized spacial score (nSPS) is 12.0. The molecule has 2 amide bonds. The zero-order valence-electron chi connectivity index (χ0n) is 24.6. The second kappa shape index (κ2) is 14.8. The lowest BCUT2D eigenvalue weighted by molar-refractivity contribution is -0.137. The minimum absolute atomic E-state index is 0.0120. The molecule has 1 N–H and O–H groups in total. The number of benzene rings is 3. The lowest BCUT2D eigenvalue weighted by Crippen LogP contribution is -2.38. The number of amides is 2. The van der Waals surface area contributed by atoms with Gasteiger partial charge in [-0.2, -0.15) is 13.2 Å². The molecule has 3 aromatic carbocycles. The molecule has 0 aliphatic carbocycles. The molecule has 1 aromatic heterocycles. The topological polar surface area (TPSA) is 93.7 Å². The molecule has 44 heavy (non-hydrogen) atoms. The predicted molar refractivity (Wildman–Crippen MR) is 163 cm³/mol. The molecule has 1 heterocycles. The van der Waals surface area contributed by atoms with Crippen molar-refractivity contribution in [1.29, 1.82) is 0 Å². The van der Waals surface area contributed by atoms with Crippen LogP contribution in [-0.2, 0) is 22.2 Å². The summed E-state index contributed by atoms with van der Waals surface area (Å²) in [5.41, 5.74) is 1.55. The van der Waals surface area contributed by atoms with Crippen LogP contribution in [0.25, 0.3) is 10.6 Å². The number of hydrogen-bond acceptors (Lipinski definition) is 7. The van der Waals surface area contributed by atoms with Crippen LogP contribution in [0.2, 0.25) is 0 Å². The number of rotatable bonds is 13. The van der Waals surface area contributed by atoms with Crippen molar-refractivity contribution in [2.75, 3.05) is 32.6 Å². The largest absolute Gasteiger partial charge is 0.493 e. The summed E-state index contributed by atoms with van der Waals surface area (Å²) in [6.07, 6.45) is -3.29. The minimum Gasteiger partial charge on any atom is -0.493 e. The minimum atomic E-state index is -4.44. The number of aromatic nitrogens is 2. The molecule has 0 saturated heterocycles. The molecule has 1 unspecified atom stereocenters. The van der Waals surface area contributed by atoms with Crippen LogP contribution in [0.3, 0.4) is 0 Å². The smallest absolute Gasteiger partial charge is 0.416 e. The number of halogens is 3. The van der Waals surface area contributed by atoms with Gasteiger partial charge in [-0.3, -0.25) is 9.59 Å². The molecule has 0 radical (unpaired) electrons. The number of carbonyl (C=O) groups is 2. The fraction of sp³-hybridized carbons (Fsp3) is 0.312. The first kappa shape index (κ1) is 32.5. The van der Waals surface area contributed by atoms with E-state index in [9.17, 15) is 22.8 Å². The Morgan fingerprint density at radius 2 is 1.64 bits per heavy atom. The van der Waals surface area contributed by atoms with E-state index in [0.717, 1.165) is 34.6 Å². The third-order valence-corrected chi connectivity index (χ3v) is 7.97. The van der Waals surface area contributed by atoms with Gasteiger partial charge in [0.05, 0.1) is 25.7 Å². The van der Waals surface area contributed by atoms with E-state index in [4.69, 9.17) is 9.47 Å². The molecule has 4 aromatic rings. The Labute approximate surface area is 257 Å². The Balaban J connectivity index is 1.44. The van der Waals surface area contributed by atoms with Gasteiger partial charge in [-0.1, -0.05) is 66.8 Å². The average molecular weight is 627 g/mol. The first-order valence-electron chi connectivity index (χ1n) is 14.0. The zero-order chi connectivity index (χ0) is 31.7. The first-order valence-corrected chi connectivity index (χ1v) is 14.8. The van der Waals surface area contributed by atoms with Gasteiger partial charge >= 0.3 is 6.18 Å². The average Bonchev–Trinajstić information content (AvgIpc) is 3.49. The van der Waals surface area contributed by atoms with Gasteiger partial charge in [-0.25, -0.2) is 0 Å². The number of alkyl halides is 3. The van der Waals surface area contributed by atoms with Gasteiger partial charge < -0.3 is 19.7 Å². The highest BCUT2D eigenvalue weighted by Gasteiger charge is 2.30. The summed E-state index contributed by atoms with van der Waals surface area (Å²) in [5, 5.41) is 11.2. The highest BCUT2D eigenvalue weighted by atomic mass is 32.1. The SMILES string of the molecule is CCC(C(=O)N(CCC(=O)Nc1nnc(-c2ccc(C(F)(F)F)cc2)s1)CCc1ccc(OC)c(OC)c1)c1ccccc1. The van der Waals surface area contributed by atoms with Crippen molar-refractivity contribution in [1.82, 2.24) is 15.1 Å². The van der Waals surface area contributed by atoms with Crippen LogP contribution < -0.4 is 14.8 Å². The van der Waals surface area contributed by atoms with Crippen molar-refractivity contribution in [3.05, 3.63) is 89.5 Å². The lowest BCUT2D eigenvalue weighted by Gasteiger charge is -2.27. The van der Waals surface area contributed by atoms with E-state index in [0.29, 0.717) is 41.5 Å². The Morgan fingerprint density at radius 3 is 2.27 bits per heavy atom. The quantitative estimate of drug-likeness (QED) is 0.175. The molecule has 0 aliphatic rings. The van der Waals surface area contributed by atoms with Crippen molar-refractivity contribution in [3.8, 4) is 22.1 Å². The van der Waals surface area contributed by atoms with Gasteiger partial charge in [0.1, 0.15) is 5.01 Å². The van der Waals surface area contributed by atoms with Gasteiger partial charge in [0.25, 0.3) is 0 Å². The Morgan fingerprint density at radius 1 is 0.932 bits per heavy atom. The summed E-state index contributed by atoms with van der Waals surface area (Å²) < 4.78 is 49.4. The molecule has 232 valence electrons. The van der Waals surface area contributed by atoms with Gasteiger partial charge in [-0.15, -0.1) is 10.2 Å². The van der Waals surface area contributed by atoms with Crippen LogP contribution in [0.5, 0.6) is 11.5 Å². The molecule has 1 atom stereocenters. The van der Waals surface area contributed by atoms with E-state index in [2.05, 4.69) is 15.5 Å². The second-order valence-electron chi connectivity index (χ2n) is 9.92. The number of methoxy groups -OCH3 is 2. The van der Waals surface area contributed by atoms with E-state index >= 15 is 0 Å². The van der Waals surface area contributed by atoms with Crippen molar-refractivity contribution in [2.45, 2.75) is 38.3 Å². The molecule has 0 bridgehead atoms. The van der Waals surface area contributed by atoms with Crippen LogP contribution in [0, 0.1) is 0 Å². The van der Waals surface area contributed by atoms with Crippen LogP contribution in [0.15, 0.2) is 72.8 Å². The number of nitrogens with one attached hydrogen (secondary N) is 1. The van der Waals surface area contributed by atoms with Crippen molar-refractivity contribution >= 4 is 28.3 Å². The highest BCUT2D eigenvalue weighted by Crippen LogP contribution is 2.33. The summed E-state index contributed by atoms with van der Waals surface area (Å²) in [5.74, 6) is 0.392. The summed E-state index contributed by atoms with van der Waals surface area (Å²) in [6, 6.07) is 19.7. The molecular weight excluding hydrogens is 593 g/mol. The van der Waals surface area contributed by atoms with E-state index < -0.39 is 11.7 Å². The molecule has 0 fully saturated rings. The third kappa shape index (κ3) is 8.34. The molecule has 0 spiro atoms. The van der Waals surface area contributed by atoms with E-state index in [1.807, 2.05) is 55.5 Å². The summed E-state index contributed by atoms with van der Waals surface area (Å²) in [6.45, 7) is 2.51. The van der Waals surface area contributed by atoms with E-state index in [-0.39, 0.29) is 35.8 Å². The number of ether oxygens (including phenoxy) is 2. The summed E-state index contributed by atoms with van der Waals surface area (Å²) in [7, 11) is 3.13. The Bertz CT molecular complexity index is 1550. The van der Waals surface area contributed by atoms with Gasteiger partial charge in [0.15, 0.2) is 11.5 Å². The number of anilines is 1. The number of carbonyl (C=O) groups excluding carboxylic acids is 2. The Hall–Kier alpha value is -4.45. The second-order valence-corrected chi connectivity index (χ2v) is 10.9. The molecule has 4 rings (SSSR count). The fourth-order valence-electron chi connectivity index (χ4n) is 4.70.